The average Bonchev–Trinajstić information content (AvgIpc) is 3.09. The first-order valence-electron chi connectivity index (χ1n) is 19.4. The number of amides is 5. The SMILES string of the molecule is CC(=O)N(O)CCCCCNC(=O)CCC(=O)N(O)CCCCCNC(=O)CCC(=O)N(O)CCCCCNC(=S)NC12CC3CC(CC(C3)C1)C2. The summed E-state index contributed by atoms with van der Waals surface area (Å²) in [7, 11) is 0. The predicted molar refractivity (Wildman–Crippen MR) is 197 cm³/mol. The highest BCUT2D eigenvalue weighted by Crippen LogP contribution is 2.55. The van der Waals surface area contributed by atoms with Gasteiger partial charge in [-0.15, -0.1) is 0 Å². The quantitative estimate of drug-likeness (QED) is 0.0312. The number of hydrogen-bond acceptors (Lipinski definition) is 9. The molecule has 0 aliphatic heterocycles. The van der Waals surface area contributed by atoms with Crippen LogP contribution in [0.5, 0.6) is 0 Å². The van der Waals surface area contributed by atoms with E-state index in [4.69, 9.17) is 12.2 Å². The monoisotopic (exact) mass is 753 g/mol. The average molecular weight is 754 g/mol. The molecule has 0 atom stereocenters. The molecule has 16 heteroatoms. The highest BCUT2D eigenvalue weighted by atomic mass is 32.1. The van der Waals surface area contributed by atoms with E-state index in [1.54, 1.807) is 0 Å². The standard InChI is InChI=1S/C36H63N7O8S/c1-27(44)41(49)18-8-2-5-15-37-31(45)11-13-33(47)42(50)19-9-3-6-16-38-32(46)12-14-34(48)43(51)20-10-4-7-17-39-35(52)40-36-24-28-21-29(25-36)23-30(22-28)26-36/h28-30,49-51H,2-26H2,1H3,(H,37,45)(H,38,46)(H2,39,40,52). The van der Waals surface area contributed by atoms with Crippen molar-refractivity contribution in [3.8, 4) is 0 Å². The Kier molecular flexibility index (Phi) is 19.1. The first kappa shape index (κ1) is 43.3. The van der Waals surface area contributed by atoms with E-state index in [2.05, 4.69) is 21.3 Å². The molecule has 0 unspecified atom stereocenters. The van der Waals surface area contributed by atoms with Gasteiger partial charge in [-0.2, -0.15) is 0 Å². The van der Waals surface area contributed by atoms with Gasteiger partial charge in [0.25, 0.3) is 0 Å². The van der Waals surface area contributed by atoms with Gasteiger partial charge in [0, 0.05) is 77.4 Å². The van der Waals surface area contributed by atoms with Crippen LogP contribution >= 0.6 is 12.2 Å². The molecule has 4 rings (SSSR count). The van der Waals surface area contributed by atoms with E-state index < -0.39 is 17.7 Å². The van der Waals surface area contributed by atoms with Crippen molar-refractivity contribution in [3.05, 3.63) is 0 Å². The lowest BCUT2D eigenvalue weighted by atomic mass is 9.53. The molecule has 0 aromatic rings. The number of nitrogens with zero attached hydrogens (tertiary/aromatic N) is 3. The van der Waals surface area contributed by atoms with Gasteiger partial charge in [-0.25, -0.2) is 15.2 Å². The molecule has 0 saturated heterocycles. The van der Waals surface area contributed by atoms with E-state index in [1.165, 1.54) is 45.4 Å². The van der Waals surface area contributed by atoms with Crippen LogP contribution in [0.15, 0.2) is 0 Å². The van der Waals surface area contributed by atoms with Crippen molar-refractivity contribution in [1.82, 2.24) is 36.5 Å². The zero-order chi connectivity index (χ0) is 37.9. The summed E-state index contributed by atoms with van der Waals surface area (Å²) in [5.41, 5.74) is 0.193. The minimum atomic E-state index is -0.546. The lowest BCUT2D eigenvalue weighted by molar-refractivity contribution is -0.166. The first-order chi connectivity index (χ1) is 24.9. The molecule has 296 valence electrons. The third-order valence-electron chi connectivity index (χ3n) is 10.6. The molecule has 52 heavy (non-hydrogen) atoms. The molecule has 0 aromatic carbocycles. The maximum atomic E-state index is 12.3. The minimum absolute atomic E-state index is 0.0237. The van der Waals surface area contributed by atoms with E-state index in [-0.39, 0.29) is 62.7 Å². The van der Waals surface area contributed by atoms with Crippen molar-refractivity contribution in [1.29, 1.82) is 0 Å². The van der Waals surface area contributed by atoms with E-state index in [1.807, 2.05) is 0 Å². The summed E-state index contributed by atoms with van der Waals surface area (Å²) in [6.07, 6.45) is 13.8. The molecule has 4 aliphatic rings. The molecule has 0 heterocycles. The Labute approximate surface area is 313 Å². The predicted octanol–water partition coefficient (Wildman–Crippen LogP) is 3.40. The molecule has 15 nitrogen and oxygen atoms in total. The number of thiocarbonyl (C=S) groups is 1. The second-order valence-electron chi connectivity index (χ2n) is 15.1. The van der Waals surface area contributed by atoms with Crippen LogP contribution in [-0.2, 0) is 24.0 Å². The molecule has 4 bridgehead atoms. The smallest absolute Gasteiger partial charge is 0.246 e. The molecule has 0 aromatic heterocycles. The molecule has 5 amide bonds. The fourth-order valence-corrected chi connectivity index (χ4v) is 8.50. The van der Waals surface area contributed by atoms with E-state index in [9.17, 15) is 39.6 Å². The topological polar surface area (TPSA) is 204 Å². The summed E-state index contributed by atoms with van der Waals surface area (Å²) >= 11 is 5.61. The third-order valence-corrected chi connectivity index (χ3v) is 10.8. The lowest BCUT2D eigenvalue weighted by Crippen LogP contribution is -2.61. The van der Waals surface area contributed by atoms with Gasteiger partial charge in [0.1, 0.15) is 0 Å². The van der Waals surface area contributed by atoms with Crippen LogP contribution in [0.25, 0.3) is 0 Å². The normalized spacial score (nSPS) is 21.3. The fourth-order valence-electron chi connectivity index (χ4n) is 8.18. The first-order valence-corrected chi connectivity index (χ1v) is 19.8. The van der Waals surface area contributed by atoms with Gasteiger partial charge < -0.3 is 21.3 Å². The Morgan fingerprint density at radius 1 is 0.577 bits per heavy atom. The van der Waals surface area contributed by atoms with Gasteiger partial charge in [0.2, 0.25) is 29.5 Å². The second kappa shape index (κ2) is 22.9. The zero-order valence-corrected chi connectivity index (χ0v) is 31.9. The molecule has 0 spiro atoms. The Balaban J connectivity index is 1.09. The highest BCUT2D eigenvalue weighted by Gasteiger charge is 2.51. The number of nitrogens with one attached hydrogen (secondary N) is 4. The van der Waals surface area contributed by atoms with Crippen molar-refractivity contribution in [2.24, 2.45) is 17.8 Å². The van der Waals surface area contributed by atoms with Crippen LogP contribution < -0.4 is 21.3 Å². The van der Waals surface area contributed by atoms with E-state index in [0.29, 0.717) is 66.8 Å². The van der Waals surface area contributed by atoms with Crippen molar-refractivity contribution in [2.75, 3.05) is 39.3 Å². The minimum Gasteiger partial charge on any atom is -0.363 e. The largest absolute Gasteiger partial charge is 0.363 e. The Morgan fingerprint density at radius 3 is 1.37 bits per heavy atom. The number of carbonyl (C=O) groups excluding carboxylic acids is 5. The molecular weight excluding hydrogens is 691 g/mol. The van der Waals surface area contributed by atoms with Crippen molar-refractivity contribution >= 4 is 46.9 Å². The Bertz CT molecular complexity index is 1160. The summed E-state index contributed by atoms with van der Waals surface area (Å²) in [5, 5.41) is 44.5. The van der Waals surface area contributed by atoms with Crippen LogP contribution in [0.1, 0.15) is 129 Å². The van der Waals surface area contributed by atoms with Crippen LogP contribution in [0.4, 0.5) is 0 Å². The van der Waals surface area contributed by atoms with Gasteiger partial charge in [0.05, 0.1) is 0 Å². The molecule has 4 saturated carbocycles. The van der Waals surface area contributed by atoms with Crippen LogP contribution in [0.3, 0.4) is 0 Å². The number of unbranched alkanes of at least 4 members (excludes halogenated alkanes) is 6. The zero-order valence-electron chi connectivity index (χ0n) is 31.0. The molecule has 4 aliphatic carbocycles. The lowest BCUT2D eigenvalue weighted by Gasteiger charge is -2.57. The summed E-state index contributed by atoms with van der Waals surface area (Å²) in [4.78, 5) is 59.4. The fraction of sp³-hybridized carbons (Fsp3) is 0.833. The summed E-state index contributed by atoms with van der Waals surface area (Å²) in [6, 6.07) is 0. The Morgan fingerprint density at radius 2 is 0.962 bits per heavy atom. The van der Waals surface area contributed by atoms with Gasteiger partial charge in [0.15, 0.2) is 5.11 Å². The van der Waals surface area contributed by atoms with Gasteiger partial charge in [-0.1, -0.05) is 0 Å². The number of rotatable bonds is 25. The van der Waals surface area contributed by atoms with E-state index in [0.717, 1.165) is 48.7 Å². The summed E-state index contributed by atoms with van der Waals surface area (Å²) in [5.74, 6) is 0.551. The van der Waals surface area contributed by atoms with Gasteiger partial charge in [-0.3, -0.25) is 39.6 Å². The van der Waals surface area contributed by atoms with Gasteiger partial charge >= 0.3 is 0 Å². The van der Waals surface area contributed by atoms with Crippen molar-refractivity contribution in [2.45, 2.75) is 134 Å². The molecule has 0 radical (unpaired) electrons. The van der Waals surface area contributed by atoms with Crippen molar-refractivity contribution in [3.63, 3.8) is 0 Å². The number of carbonyl (C=O) groups is 5. The highest BCUT2D eigenvalue weighted by molar-refractivity contribution is 7.80. The molecule has 7 N–H and O–H groups in total. The van der Waals surface area contributed by atoms with E-state index >= 15 is 0 Å². The summed E-state index contributed by atoms with van der Waals surface area (Å²) in [6.45, 7) is 3.39. The van der Waals surface area contributed by atoms with Crippen molar-refractivity contribution < 1.29 is 39.6 Å². The van der Waals surface area contributed by atoms with Crippen LogP contribution in [0, 0.1) is 17.8 Å². The number of hydrogen-bond donors (Lipinski definition) is 7. The summed E-state index contributed by atoms with van der Waals surface area (Å²) < 4.78 is 0. The maximum absolute atomic E-state index is 12.3. The van der Waals surface area contributed by atoms with Gasteiger partial charge in [-0.05, 0) is 126 Å². The third kappa shape index (κ3) is 16.3. The number of hydroxylamine groups is 6. The van der Waals surface area contributed by atoms with Crippen LogP contribution in [0.2, 0.25) is 0 Å². The van der Waals surface area contributed by atoms with Crippen LogP contribution in [-0.4, -0.2) is 110 Å². The Hall–Kier alpha value is -3.08. The molecular formula is C36H63N7O8S. The second-order valence-corrected chi connectivity index (χ2v) is 15.5. The molecule has 4 fully saturated rings. The maximum Gasteiger partial charge on any atom is 0.246 e.